The Bertz CT molecular complexity index is 1530. The Labute approximate surface area is 229 Å². The maximum atomic E-state index is 11.6. The third kappa shape index (κ3) is 5.63. The number of benzene rings is 1. The van der Waals surface area contributed by atoms with Crippen molar-refractivity contribution in [1.29, 1.82) is 5.26 Å². The Morgan fingerprint density at radius 2 is 2.05 bits per heavy atom. The van der Waals surface area contributed by atoms with E-state index in [0.717, 1.165) is 66.5 Å². The zero-order valence-corrected chi connectivity index (χ0v) is 22.1. The number of imidazole rings is 1. The largest absolute Gasteiger partial charge is 0.478 e. The molecule has 5 heterocycles. The van der Waals surface area contributed by atoms with Crippen LogP contribution in [0.3, 0.4) is 0 Å². The predicted molar refractivity (Wildman–Crippen MR) is 144 cm³/mol. The molecule has 0 amide bonds. The number of fused-ring (bicyclic) bond motifs is 1. The first-order valence-electron chi connectivity index (χ1n) is 13.1. The lowest BCUT2D eigenvalue weighted by molar-refractivity contribution is -0.0592. The third-order valence-corrected chi connectivity index (χ3v) is 8.25. The molecule has 1 N–H and O–H groups in total. The molecule has 2 fully saturated rings. The molecular formula is C28H28N6O4S. The summed E-state index contributed by atoms with van der Waals surface area (Å²) in [6.45, 7) is 4.27. The molecule has 0 spiro atoms. The van der Waals surface area contributed by atoms with Gasteiger partial charge in [-0.25, -0.2) is 19.7 Å². The van der Waals surface area contributed by atoms with Gasteiger partial charge in [0.25, 0.3) is 0 Å². The predicted octanol–water partition coefficient (Wildman–Crippen LogP) is 4.21. The van der Waals surface area contributed by atoms with Crippen LogP contribution in [0.2, 0.25) is 0 Å². The summed E-state index contributed by atoms with van der Waals surface area (Å²) < 4.78 is 13.7. The van der Waals surface area contributed by atoms with Gasteiger partial charge in [-0.05, 0) is 56.6 Å². The second-order valence-corrected chi connectivity index (χ2v) is 11.0. The number of carboxylic acid groups (broad SMARTS) is 1. The van der Waals surface area contributed by atoms with Gasteiger partial charge >= 0.3 is 5.97 Å². The summed E-state index contributed by atoms with van der Waals surface area (Å²) in [4.78, 5) is 28.4. The number of aromatic nitrogens is 4. The van der Waals surface area contributed by atoms with Crippen LogP contribution in [0.4, 0.5) is 0 Å². The van der Waals surface area contributed by atoms with Gasteiger partial charge in [0.2, 0.25) is 5.88 Å². The molecule has 3 aromatic heterocycles. The van der Waals surface area contributed by atoms with Crippen molar-refractivity contribution in [2.45, 2.75) is 51.0 Å². The highest BCUT2D eigenvalue weighted by Gasteiger charge is 2.26. The molecule has 2 saturated heterocycles. The topological polar surface area (TPSA) is 126 Å². The fourth-order valence-electron chi connectivity index (χ4n) is 5.15. The number of ether oxygens (including phenoxy) is 2. The first kappa shape index (κ1) is 25.4. The number of likely N-dealkylation sites (tertiary alicyclic amines) is 1. The second kappa shape index (κ2) is 11.1. The van der Waals surface area contributed by atoms with E-state index in [1.165, 1.54) is 11.3 Å². The summed E-state index contributed by atoms with van der Waals surface area (Å²) in [7, 11) is 0. The fraction of sp³-hybridized carbons (Fsp3) is 0.393. The van der Waals surface area contributed by atoms with Crippen LogP contribution in [0.25, 0.3) is 11.0 Å². The van der Waals surface area contributed by atoms with Crippen molar-refractivity contribution in [2.24, 2.45) is 0 Å². The average Bonchev–Trinajstić information content (AvgIpc) is 3.53. The van der Waals surface area contributed by atoms with Gasteiger partial charge in [0.05, 0.1) is 42.0 Å². The van der Waals surface area contributed by atoms with E-state index < -0.39 is 5.97 Å². The molecule has 0 aliphatic carbocycles. The summed E-state index contributed by atoms with van der Waals surface area (Å²) >= 11 is 1.33. The monoisotopic (exact) mass is 544 g/mol. The van der Waals surface area contributed by atoms with Gasteiger partial charge in [0.15, 0.2) is 0 Å². The van der Waals surface area contributed by atoms with Gasteiger partial charge < -0.3 is 19.1 Å². The lowest BCUT2D eigenvalue weighted by Crippen LogP contribution is -2.35. The third-order valence-electron chi connectivity index (χ3n) is 7.38. The molecule has 0 saturated carbocycles. The number of nitriles is 1. The van der Waals surface area contributed by atoms with Crippen LogP contribution in [0.15, 0.2) is 42.6 Å². The fourth-order valence-corrected chi connectivity index (χ4v) is 5.78. The van der Waals surface area contributed by atoms with E-state index in [1.54, 1.807) is 24.4 Å². The lowest BCUT2D eigenvalue weighted by Gasteiger charge is -2.32. The molecule has 39 heavy (non-hydrogen) atoms. The Balaban J connectivity index is 1.11. The zero-order valence-electron chi connectivity index (χ0n) is 21.3. The maximum Gasteiger partial charge on any atom is 0.335 e. The molecule has 1 atom stereocenters. The number of nitrogens with zero attached hydrogens (tertiary/aromatic N) is 6. The van der Waals surface area contributed by atoms with Crippen LogP contribution < -0.4 is 4.74 Å². The minimum atomic E-state index is -0.937. The molecule has 2 aliphatic rings. The van der Waals surface area contributed by atoms with Gasteiger partial charge in [0, 0.05) is 24.3 Å². The Morgan fingerprint density at radius 3 is 2.77 bits per heavy atom. The molecule has 200 valence electrons. The number of carbonyl (C=O) groups is 1. The molecule has 0 radical (unpaired) electrons. The Kier molecular flexibility index (Phi) is 7.24. The van der Waals surface area contributed by atoms with Gasteiger partial charge in [-0.2, -0.15) is 5.26 Å². The van der Waals surface area contributed by atoms with Crippen LogP contribution in [-0.4, -0.2) is 61.3 Å². The van der Waals surface area contributed by atoms with Crippen molar-refractivity contribution in [2.75, 3.05) is 19.7 Å². The van der Waals surface area contributed by atoms with Crippen molar-refractivity contribution in [3.63, 3.8) is 0 Å². The standard InChI is InChI=1S/C28H28N6O4S/c29-13-21-14-30-27(39-21)17-38-26-3-1-2-22(32-26)18-6-9-33(10-7-18)16-25-31-23-5-4-19(28(35)36)12-24(23)34(25)15-20-8-11-37-20/h1-5,12,14,18,20H,6-11,15-17H2,(H,35,36). The smallest absolute Gasteiger partial charge is 0.335 e. The summed E-state index contributed by atoms with van der Waals surface area (Å²) in [5.74, 6) is 0.913. The number of hydrogen-bond donors (Lipinski definition) is 1. The van der Waals surface area contributed by atoms with E-state index in [9.17, 15) is 9.90 Å². The summed E-state index contributed by atoms with van der Waals surface area (Å²) in [5.41, 5.74) is 2.95. The quantitative estimate of drug-likeness (QED) is 0.330. The van der Waals surface area contributed by atoms with E-state index >= 15 is 0 Å². The number of piperidine rings is 1. The number of aromatic carboxylic acids is 1. The minimum Gasteiger partial charge on any atom is -0.478 e. The molecule has 1 aromatic carbocycles. The van der Waals surface area contributed by atoms with Crippen molar-refractivity contribution in [1.82, 2.24) is 24.4 Å². The van der Waals surface area contributed by atoms with Crippen molar-refractivity contribution in [3.05, 3.63) is 69.6 Å². The SMILES string of the molecule is N#Cc1cnc(COc2cccc(C3CCN(Cc4nc5ccc(C(=O)O)cc5n4CC4CCO4)CC3)n2)s1. The summed E-state index contributed by atoms with van der Waals surface area (Å²) in [5, 5.41) is 19.2. The highest BCUT2D eigenvalue weighted by atomic mass is 32.1. The molecule has 2 aliphatic heterocycles. The van der Waals surface area contributed by atoms with E-state index in [0.29, 0.717) is 36.4 Å². The van der Waals surface area contributed by atoms with Gasteiger partial charge in [0.1, 0.15) is 28.4 Å². The van der Waals surface area contributed by atoms with Gasteiger partial charge in [-0.1, -0.05) is 6.07 Å². The minimum absolute atomic E-state index is 0.143. The van der Waals surface area contributed by atoms with Crippen LogP contribution in [0, 0.1) is 11.3 Å². The molecule has 11 heteroatoms. The maximum absolute atomic E-state index is 11.6. The number of carboxylic acids is 1. The number of hydrogen-bond acceptors (Lipinski definition) is 9. The molecule has 10 nitrogen and oxygen atoms in total. The lowest BCUT2D eigenvalue weighted by atomic mass is 9.93. The van der Waals surface area contributed by atoms with E-state index in [4.69, 9.17) is 24.7 Å². The molecule has 6 rings (SSSR count). The van der Waals surface area contributed by atoms with Crippen LogP contribution in [-0.2, 0) is 24.4 Å². The van der Waals surface area contributed by atoms with E-state index in [1.807, 2.05) is 12.1 Å². The Morgan fingerprint density at radius 1 is 1.21 bits per heavy atom. The number of thiazole rings is 1. The molecule has 0 bridgehead atoms. The van der Waals surface area contributed by atoms with Crippen molar-refractivity contribution >= 4 is 28.3 Å². The van der Waals surface area contributed by atoms with E-state index in [2.05, 4.69) is 26.6 Å². The van der Waals surface area contributed by atoms with Crippen LogP contribution >= 0.6 is 11.3 Å². The zero-order chi connectivity index (χ0) is 26.8. The van der Waals surface area contributed by atoms with E-state index in [-0.39, 0.29) is 11.7 Å². The van der Waals surface area contributed by atoms with Gasteiger partial charge in [-0.15, -0.1) is 11.3 Å². The highest BCUT2D eigenvalue weighted by molar-refractivity contribution is 7.12. The van der Waals surface area contributed by atoms with Crippen molar-refractivity contribution < 1.29 is 19.4 Å². The van der Waals surface area contributed by atoms with Crippen LogP contribution in [0.5, 0.6) is 5.88 Å². The molecule has 4 aromatic rings. The van der Waals surface area contributed by atoms with Crippen LogP contribution in [0.1, 0.15) is 56.9 Å². The Hall–Kier alpha value is -3.85. The second-order valence-electron chi connectivity index (χ2n) is 9.90. The molecule has 1 unspecified atom stereocenters. The summed E-state index contributed by atoms with van der Waals surface area (Å²) in [6.07, 6.45) is 4.66. The first-order chi connectivity index (χ1) is 19.1. The number of pyridine rings is 1. The molecular weight excluding hydrogens is 516 g/mol. The first-order valence-corrected chi connectivity index (χ1v) is 13.9. The van der Waals surface area contributed by atoms with Crippen molar-refractivity contribution in [3.8, 4) is 11.9 Å². The number of rotatable bonds is 9. The average molecular weight is 545 g/mol. The normalized spacial score (nSPS) is 18.1. The highest BCUT2D eigenvalue weighted by Crippen LogP contribution is 2.30. The van der Waals surface area contributed by atoms with Gasteiger partial charge in [-0.3, -0.25) is 4.90 Å². The summed E-state index contributed by atoms with van der Waals surface area (Å²) in [6, 6.07) is 13.1.